The highest BCUT2D eigenvalue weighted by Gasteiger charge is 2.29. The highest BCUT2D eigenvalue weighted by atomic mass is 16.5. The zero-order valence-electron chi connectivity index (χ0n) is 11.6. The number of ether oxygens (including phenoxy) is 1. The first-order chi connectivity index (χ1) is 9.28. The molecule has 19 heavy (non-hydrogen) atoms. The smallest absolute Gasteiger partial charge is 0.128 e. The van der Waals surface area contributed by atoms with Gasteiger partial charge in [-0.3, -0.25) is 4.90 Å². The summed E-state index contributed by atoms with van der Waals surface area (Å²) >= 11 is 0. The van der Waals surface area contributed by atoms with Crippen molar-refractivity contribution in [2.24, 2.45) is 0 Å². The largest absolute Gasteiger partial charge is 0.493 e. The third-order valence-corrected chi connectivity index (χ3v) is 3.96. The summed E-state index contributed by atoms with van der Waals surface area (Å²) in [7, 11) is 0. The average molecular weight is 258 g/mol. The van der Waals surface area contributed by atoms with Crippen LogP contribution in [-0.4, -0.2) is 30.6 Å². The fraction of sp³-hybridized carbons (Fsp3) is 0.500. The minimum absolute atomic E-state index is 0.679. The van der Waals surface area contributed by atoms with E-state index in [2.05, 4.69) is 17.0 Å². The lowest BCUT2D eigenvalue weighted by atomic mass is 9.98. The van der Waals surface area contributed by atoms with Crippen LogP contribution in [0.4, 0.5) is 5.69 Å². The summed E-state index contributed by atoms with van der Waals surface area (Å²) < 4.78 is 5.72. The Morgan fingerprint density at radius 2 is 2.21 bits per heavy atom. The van der Waals surface area contributed by atoms with Crippen LogP contribution < -0.4 is 10.5 Å². The molecule has 1 heterocycles. The molecule has 1 aliphatic carbocycles. The Morgan fingerprint density at radius 3 is 2.84 bits per heavy atom. The van der Waals surface area contributed by atoms with Crippen LogP contribution in [-0.2, 0) is 0 Å². The molecular weight excluding hydrogens is 236 g/mol. The molecule has 102 valence electrons. The minimum atomic E-state index is 0.679. The van der Waals surface area contributed by atoms with Crippen molar-refractivity contribution in [3.63, 3.8) is 0 Å². The van der Waals surface area contributed by atoms with Gasteiger partial charge in [0, 0.05) is 36.4 Å². The molecule has 3 nitrogen and oxygen atoms in total. The molecule has 3 heteroatoms. The first-order valence-electron chi connectivity index (χ1n) is 7.23. The fourth-order valence-electron chi connectivity index (χ4n) is 2.78. The average Bonchev–Trinajstić information content (AvgIpc) is 3.24. The van der Waals surface area contributed by atoms with Gasteiger partial charge in [0.2, 0.25) is 0 Å². The maximum atomic E-state index is 5.85. The molecule has 1 saturated carbocycles. The third-order valence-electron chi connectivity index (χ3n) is 3.96. The summed E-state index contributed by atoms with van der Waals surface area (Å²) in [6, 6.07) is 6.85. The molecule has 1 aliphatic heterocycles. The molecular formula is C16H22N2O. The SMILES string of the molecule is CCOc1cc(N)ccc1C1=CCN(C2CC2)CC1. The number of anilines is 1. The van der Waals surface area contributed by atoms with Crippen molar-refractivity contribution in [3.8, 4) is 5.75 Å². The van der Waals surface area contributed by atoms with Crippen LogP contribution in [0.5, 0.6) is 5.75 Å². The van der Waals surface area contributed by atoms with E-state index in [1.807, 2.05) is 19.1 Å². The number of hydrogen-bond acceptors (Lipinski definition) is 3. The summed E-state index contributed by atoms with van der Waals surface area (Å²) in [5.74, 6) is 0.925. The molecule has 0 radical (unpaired) electrons. The molecule has 0 amide bonds. The van der Waals surface area contributed by atoms with Crippen LogP contribution in [0.3, 0.4) is 0 Å². The molecule has 0 saturated heterocycles. The van der Waals surface area contributed by atoms with Gasteiger partial charge in [0.25, 0.3) is 0 Å². The summed E-state index contributed by atoms with van der Waals surface area (Å²) in [5, 5.41) is 0. The van der Waals surface area contributed by atoms with Gasteiger partial charge < -0.3 is 10.5 Å². The lowest BCUT2D eigenvalue weighted by Crippen LogP contribution is -2.30. The van der Waals surface area contributed by atoms with Crippen molar-refractivity contribution >= 4 is 11.3 Å². The molecule has 1 aromatic rings. The second kappa shape index (κ2) is 5.25. The molecule has 0 spiro atoms. The Balaban J connectivity index is 1.81. The second-order valence-corrected chi connectivity index (χ2v) is 5.39. The van der Waals surface area contributed by atoms with Gasteiger partial charge in [0.15, 0.2) is 0 Å². The normalized spacial score (nSPS) is 20.2. The summed E-state index contributed by atoms with van der Waals surface area (Å²) in [4.78, 5) is 2.58. The van der Waals surface area contributed by atoms with E-state index in [1.54, 1.807) is 0 Å². The highest BCUT2D eigenvalue weighted by Crippen LogP contribution is 2.35. The predicted octanol–water partition coefficient (Wildman–Crippen LogP) is 2.92. The van der Waals surface area contributed by atoms with Gasteiger partial charge in [-0.1, -0.05) is 6.08 Å². The molecule has 0 atom stereocenters. The summed E-state index contributed by atoms with van der Waals surface area (Å²) in [6.07, 6.45) is 6.24. The highest BCUT2D eigenvalue weighted by molar-refractivity contribution is 5.73. The summed E-state index contributed by atoms with van der Waals surface area (Å²) in [5.41, 5.74) is 9.23. The van der Waals surface area contributed by atoms with E-state index in [9.17, 15) is 0 Å². The van der Waals surface area contributed by atoms with E-state index < -0.39 is 0 Å². The maximum absolute atomic E-state index is 5.85. The van der Waals surface area contributed by atoms with Crippen LogP contribution in [0.15, 0.2) is 24.3 Å². The Kier molecular flexibility index (Phi) is 3.47. The Hall–Kier alpha value is -1.48. The number of benzene rings is 1. The molecule has 1 aromatic carbocycles. The number of nitrogens with zero attached hydrogens (tertiary/aromatic N) is 1. The molecule has 2 N–H and O–H groups in total. The predicted molar refractivity (Wildman–Crippen MR) is 79.2 cm³/mol. The van der Waals surface area contributed by atoms with Crippen LogP contribution in [0.2, 0.25) is 0 Å². The monoisotopic (exact) mass is 258 g/mol. The minimum Gasteiger partial charge on any atom is -0.493 e. The van der Waals surface area contributed by atoms with E-state index in [4.69, 9.17) is 10.5 Å². The summed E-state index contributed by atoms with van der Waals surface area (Å²) in [6.45, 7) is 4.94. The van der Waals surface area contributed by atoms with E-state index in [0.29, 0.717) is 6.61 Å². The topological polar surface area (TPSA) is 38.5 Å². The van der Waals surface area contributed by atoms with Gasteiger partial charge in [-0.05, 0) is 43.9 Å². The van der Waals surface area contributed by atoms with Gasteiger partial charge in [-0.15, -0.1) is 0 Å². The zero-order valence-corrected chi connectivity index (χ0v) is 11.6. The molecule has 1 fully saturated rings. The third kappa shape index (κ3) is 2.76. The lowest BCUT2D eigenvalue weighted by molar-refractivity contribution is 0.291. The van der Waals surface area contributed by atoms with Crippen molar-refractivity contribution in [2.45, 2.75) is 32.2 Å². The van der Waals surface area contributed by atoms with Crippen molar-refractivity contribution in [1.29, 1.82) is 0 Å². The van der Waals surface area contributed by atoms with Crippen molar-refractivity contribution in [1.82, 2.24) is 4.90 Å². The molecule has 0 bridgehead atoms. The van der Waals surface area contributed by atoms with Gasteiger partial charge >= 0.3 is 0 Å². The van der Waals surface area contributed by atoms with Crippen LogP contribution in [0, 0.1) is 0 Å². The number of rotatable bonds is 4. The van der Waals surface area contributed by atoms with Gasteiger partial charge in [-0.25, -0.2) is 0 Å². The van der Waals surface area contributed by atoms with E-state index in [-0.39, 0.29) is 0 Å². The second-order valence-electron chi connectivity index (χ2n) is 5.39. The number of nitrogens with two attached hydrogens (primary N) is 1. The maximum Gasteiger partial charge on any atom is 0.128 e. The van der Waals surface area contributed by atoms with E-state index in [0.717, 1.165) is 30.4 Å². The van der Waals surface area contributed by atoms with Crippen molar-refractivity contribution < 1.29 is 4.74 Å². The zero-order chi connectivity index (χ0) is 13.2. The first-order valence-corrected chi connectivity index (χ1v) is 7.23. The first kappa shape index (κ1) is 12.5. The Bertz CT molecular complexity index is 492. The van der Waals surface area contributed by atoms with Crippen LogP contribution >= 0.6 is 0 Å². The van der Waals surface area contributed by atoms with E-state index in [1.165, 1.54) is 30.5 Å². The molecule has 3 rings (SSSR count). The Labute approximate surface area is 115 Å². The van der Waals surface area contributed by atoms with Crippen LogP contribution in [0.25, 0.3) is 5.57 Å². The van der Waals surface area contributed by atoms with E-state index >= 15 is 0 Å². The number of hydrogen-bond donors (Lipinski definition) is 1. The molecule has 0 unspecified atom stereocenters. The Morgan fingerprint density at radius 1 is 1.37 bits per heavy atom. The van der Waals surface area contributed by atoms with Crippen molar-refractivity contribution in [3.05, 3.63) is 29.8 Å². The number of nitrogen functional groups attached to an aromatic ring is 1. The quantitative estimate of drug-likeness (QED) is 0.844. The fourth-order valence-corrected chi connectivity index (χ4v) is 2.78. The lowest BCUT2D eigenvalue weighted by Gasteiger charge is -2.27. The van der Waals surface area contributed by atoms with Gasteiger partial charge in [0.1, 0.15) is 5.75 Å². The standard InChI is InChI=1S/C16H22N2O/c1-2-19-16-11-13(17)3-6-15(16)12-7-9-18(10-8-12)14-4-5-14/h3,6-7,11,14H,2,4-5,8-10,17H2,1H3. The van der Waals surface area contributed by atoms with Gasteiger partial charge in [0.05, 0.1) is 6.61 Å². The molecule has 0 aromatic heterocycles. The van der Waals surface area contributed by atoms with Crippen molar-refractivity contribution in [2.75, 3.05) is 25.4 Å². The van der Waals surface area contributed by atoms with Gasteiger partial charge in [-0.2, -0.15) is 0 Å². The van der Waals surface area contributed by atoms with Crippen LogP contribution in [0.1, 0.15) is 31.7 Å². The molecule has 2 aliphatic rings.